The second kappa shape index (κ2) is 12.4. The van der Waals surface area contributed by atoms with Gasteiger partial charge in [-0.2, -0.15) is 26.3 Å². The van der Waals surface area contributed by atoms with E-state index in [1.807, 2.05) is 0 Å². The third-order valence-corrected chi connectivity index (χ3v) is 7.02. The first-order chi connectivity index (χ1) is 18.8. The van der Waals surface area contributed by atoms with Crippen molar-refractivity contribution in [1.82, 2.24) is 20.0 Å². The SMILES string of the molecule is CN(Cc1cc(C(F)(F)F)cc(C(F)(F)F)c1)C(=O)N1CCC(NC(=O)C2CCN(C(=O)OC(C)(C)C)CC2)CC1. The molecule has 230 valence electrons. The minimum atomic E-state index is -4.97. The molecule has 2 fully saturated rings. The number of ether oxygens (including phenoxy) is 1. The molecule has 14 heteroatoms. The average Bonchev–Trinajstić information content (AvgIpc) is 2.86. The molecule has 41 heavy (non-hydrogen) atoms. The molecule has 0 unspecified atom stereocenters. The van der Waals surface area contributed by atoms with Crippen LogP contribution in [0.25, 0.3) is 0 Å². The quantitative estimate of drug-likeness (QED) is 0.467. The minimum absolute atomic E-state index is 0.0503. The first-order valence-electron chi connectivity index (χ1n) is 13.4. The summed E-state index contributed by atoms with van der Waals surface area (Å²) in [6.07, 6.45) is -8.46. The van der Waals surface area contributed by atoms with Gasteiger partial charge in [0.1, 0.15) is 5.60 Å². The van der Waals surface area contributed by atoms with Crippen LogP contribution < -0.4 is 5.32 Å². The topological polar surface area (TPSA) is 82.2 Å². The molecule has 1 N–H and O–H groups in total. The van der Waals surface area contributed by atoms with Crippen LogP contribution in [0.1, 0.15) is 63.1 Å². The van der Waals surface area contributed by atoms with Crippen molar-refractivity contribution < 1.29 is 45.5 Å². The molecule has 2 aliphatic rings. The summed E-state index contributed by atoms with van der Waals surface area (Å²) in [6, 6.07) is 0.556. The summed E-state index contributed by atoms with van der Waals surface area (Å²) in [7, 11) is 1.31. The number of alkyl halides is 6. The Morgan fingerprint density at radius 3 is 1.80 bits per heavy atom. The van der Waals surface area contributed by atoms with Gasteiger partial charge >= 0.3 is 24.5 Å². The number of halogens is 6. The lowest BCUT2D eigenvalue weighted by Gasteiger charge is -2.36. The van der Waals surface area contributed by atoms with Crippen molar-refractivity contribution in [2.75, 3.05) is 33.2 Å². The van der Waals surface area contributed by atoms with Crippen molar-refractivity contribution >= 4 is 18.0 Å². The Bertz CT molecular complexity index is 1070. The number of carbonyl (C=O) groups excluding carboxylic acids is 3. The van der Waals surface area contributed by atoms with Crippen LogP contribution in [0, 0.1) is 5.92 Å². The van der Waals surface area contributed by atoms with E-state index in [1.165, 1.54) is 11.9 Å². The number of nitrogens with zero attached hydrogens (tertiary/aromatic N) is 3. The van der Waals surface area contributed by atoms with Gasteiger partial charge in [0.25, 0.3) is 0 Å². The van der Waals surface area contributed by atoms with Gasteiger partial charge in [-0.1, -0.05) is 0 Å². The van der Waals surface area contributed by atoms with Crippen LogP contribution in [0.2, 0.25) is 0 Å². The van der Waals surface area contributed by atoms with E-state index < -0.39 is 47.7 Å². The highest BCUT2D eigenvalue weighted by atomic mass is 19.4. The van der Waals surface area contributed by atoms with E-state index >= 15 is 0 Å². The van der Waals surface area contributed by atoms with Gasteiger partial charge in [0.15, 0.2) is 0 Å². The monoisotopic (exact) mass is 594 g/mol. The molecule has 0 aromatic heterocycles. The number of piperidine rings is 2. The van der Waals surface area contributed by atoms with Crippen molar-refractivity contribution in [3.05, 3.63) is 34.9 Å². The van der Waals surface area contributed by atoms with Crippen LogP contribution in [-0.4, -0.2) is 77.6 Å². The van der Waals surface area contributed by atoms with Gasteiger partial charge in [0.2, 0.25) is 5.91 Å². The van der Waals surface area contributed by atoms with Crippen LogP contribution in [-0.2, 0) is 28.4 Å². The summed E-state index contributed by atoms with van der Waals surface area (Å²) < 4.78 is 84.4. The number of nitrogens with one attached hydrogen (secondary N) is 1. The van der Waals surface area contributed by atoms with Crippen molar-refractivity contribution in [1.29, 1.82) is 0 Å². The summed E-state index contributed by atoms with van der Waals surface area (Å²) in [5.41, 5.74) is -3.76. The van der Waals surface area contributed by atoms with E-state index in [9.17, 15) is 40.7 Å². The van der Waals surface area contributed by atoms with E-state index in [-0.39, 0.29) is 42.6 Å². The van der Waals surface area contributed by atoms with Crippen molar-refractivity contribution in [3.63, 3.8) is 0 Å². The Hall–Kier alpha value is -3.19. The number of hydrogen-bond donors (Lipinski definition) is 1. The van der Waals surface area contributed by atoms with Crippen molar-refractivity contribution in [2.24, 2.45) is 5.92 Å². The Labute approximate surface area is 235 Å². The summed E-state index contributed by atoms with van der Waals surface area (Å²) in [5.74, 6) is -0.380. The number of amides is 4. The third kappa shape index (κ3) is 9.15. The zero-order chi connectivity index (χ0) is 30.8. The highest BCUT2D eigenvalue weighted by Crippen LogP contribution is 2.36. The lowest BCUT2D eigenvalue weighted by atomic mass is 9.95. The number of rotatable bonds is 4. The molecule has 0 bridgehead atoms. The maximum atomic E-state index is 13.2. The van der Waals surface area contributed by atoms with Crippen LogP contribution in [0.15, 0.2) is 18.2 Å². The van der Waals surface area contributed by atoms with E-state index in [4.69, 9.17) is 4.74 Å². The number of carbonyl (C=O) groups is 3. The Kier molecular flexibility index (Phi) is 9.74. The Morgan fingerprint density at radius 1 is 0.854 bits per heavy atom. The lowest BCUT2D eigenvalue weighted by Crippen LogP contribution is -2.51. The maximum absolute atomic E-state index is 13.2. The number of urea groups is 1. The molecule has 1 aromatic carbocycles. The van der Waals surface area contributed by atoms with Gasteiger partial charge < -0.3 is 24.8 Å². The molecule has 0 saturated carbocycles. The van der Waals surface area contributed by atoms with Crippen molar-refractivity contribution in [2.45, 2.75) is 77.0 Å². The molecular weight excluding hydrogens is 558 g/mol. The van der Waals surface area contributed by atoms with Gasteiger partial charge in [-0.25, -0.2) is 9.59 Å². The number of benzene rings is 1. The molecule has 0 aliphatic carbocycles. The fourth-order valence-electron chi connectivity index (χ4n) is 4.88. The fraction of sp³-hybridized carbons (Fsp3) is 0.667. The van der Waals surface area contributed by atoms with Gasteiger partial charge in [-0.15, -0.1) is 0 Å². The second-order valence-corrected chi connectivity index (χ2v) is 11.6. The number of likely N-dealkylation sites (tertiary alicyclic amines) is 2. The second-order valence-electron chi connectivity index (χ2n) is 11.6. The summed E-state index contributed by atoms with van der Waals surface area (Å²) >= 11 is 0. The summed E-state index contributed by atoms with van der Waals surface area (Å²) in [4.78, 5) is 42.0. The molecule has 3 rings (SSSR count). The minimum Gasteiger partial charge on any atom is -0.444 e. The smallest absolute Gasteiger partial charge is 0.416 e. The predicted molar refractivity (Wildman–Crippen MR) is 137 cm³/mol. The lowest BCUT2D eigenvalue weighted by molar-refractivity contribution is -0.143. The van der Waals surface area contributed by atoms with Crippen molar-refractivity contribution in [3.8, 4) is 0 Å². The molecule has 2 saturated heterocycles. The first-order valence-corrected chi connectivity index (χ1v) is 13.4. The summed E-state index contributed by atoms with van der Waals surface area (Å²) in [6.45, 7) is 6.25. The molecule has 0 spiro atoms. The molecule has 2 aliphatic heterocycles. The average molecular weight is 595 g/mol. The molecular formula is C27H36F6N4O4. The molecule has 8 nitrogen and oxygen atoms in total. The first kappa shape index (κ1) is 32.3. The standard InChI is InChI=1S/C27H36F6N4O4/c1-25(2,3)41-24(40)37-9-5-18(6-10-37)22(38)34-21-7-11-36(12-8-21)23(39)35(4)16-17-13-19(26(28,29)30)15-20(14-17)27(31,32)33/h13-15,18,21H,5-12,16H2,1-4H3,(H,34,38). The number of hydrogen-bond acceptors (Lipinski definition) is 4. The van der Waals surface area contributed by atoms with Gasteiger partial charge in [-0.3, -0.25) is 4.79 Å². The van der Waals surface area contributed by atoms with Crippen LogP contribution in [0.4, 0.5) is 35.9 Å². The van der Waals surface area contributed by atoms with Gasteiger partial charge in [-0.05, 0) is 70.2 Å². The van der Waals surface area contributed by atoms with E-state index in [1.54, 1.807) is 25.7 Å². The van der Waals surface area contributed by atoms with Crippen LogP contribution in [0.5, 0.6) is 0 Å². The molecule has 4 amide bonds. The molecule has 1 aromatic rings. The zero-order valence-corrected chi connectivity index (χ0v) is 23.5. The highest BCUT2D eigenvalue weighted by Gasteiger charge is 2.37. The van der Waals surface area contributed by atoms with Crippen LogP contribution >= 0.6 is 0 Å². The Morgan fingerprint density at radius 2 is 1.34 bits per heavy atom. The van der Waals surface area contributed by atoms with Gasteiger partial charge in [0, 0.05) is 51.7 Å². The Balaban J connectivity index is 1.49. The highest BCUT2D eigenvalue weighted by molar-refractivity contribution is 5.79. The van der Waals surface area contributed by atoms with E-state index in [2.05, 4.69) is 5.32 Å². The third-order valence-electron chi connectivity index (χ3n) is 7.02. The van der Waals surface area contributed by atoms with Gasteiger partial charge in [0.05, 0.1) is 11.1 Å². The molecule has 0 atom stereocenters. The van der Waals surface area contributed by atoms with Crippen LogP contribution in [0.3, 0.4) is 0 Å². The maximum Gasteiger partial charge on any atom is 0.416 e. The largest absolute Gasteiger partial charge is 0.444 e. The fourth-order valence-corrected chi connectivity index (χ4v) is 4.88. The molecule has 0 radical (unpaired) electrons. The van der Waals surface area contributed by atoms with E-state index in [0.29, 0.717) is 50.9 Å². The zero-order valence-electron chi connectivity index (χ0n) is 23.5. The summed E-state index contributed by atoms with van der Waals surface area (Å²) in [5, 5.41) is 3.00. The van der Waals surface area contributed by atoms with E-state index in [0.717, 1.165) is 4.90 Å². The predicted octanol–water partition coefficient (Wildman–Crippen LogP) is 5.50. The molecule has 2 heterocycles. The normalized spacial score (nSPS) is 17.8.